The Labute approximate surface area is 125 Å². The molecule has 0 saturated carbocycles. The van der Waals surface area contributed by atoms with Crippen LogP contribution in [0.25, 0.3) is 0 Å². The van der Waals surface area contributed by atoms with Crippen LogP contribution in [0, 0.1) is 5.92 Å². The molecule has 1 rings (SSSR count). The summed E-state index contributed by atoms with van der Waals surface area (Å²) >= 11 is 1.77. The van der Waals surface area contributed by atoms with E-state index in [0.29, 0.717) is 18.9 Å². The van der Waals surface area contributed by atoms with Gasteiger partial charge in [0.05, 0.1) is 0 Å². The molecule has 2 amide bonds. The Kier molecular flexibility index (Phi) is 7.19. The van der Waals surface area contributed by atoms with Gasteiger partial charge in [-0.2, -0.15) is 11.8 Å². The van der Waals surface area contributed by atoms with Crippen molar-refractivity contribution in [3.63, 3.8) is 0 Å². The molecule has 6 heteroatoms. The molecule has 1 saturated heterocycles. The molecule has 1 fully saturated rings. The Morgan fingerprint density at radius 2 is 2.15 bits per heavy atom. The number of carboxylic acid groups (broad SMARTS) is 1. The molecule has 1 aliphatic rings. The second-order valence-electron chi connectivity index (χ2n) is 5.36. The largest absolute Gasteiger partial charge is 0.480 e. The number of amides is 2. The van der Waals surface area contributed by atoms with Crippen molar-refractivity contribution in [2.75, 3.05) is 18.1 Å². The van der Waals surface area contributed by atoms with Crippen molar-refractivity contribution >= 4 is 23.8 Å². The van der Waals surface area contributed by atoms with E-state index in [-0.39, 0.29) is 12.1 Å². The molecule has 0 spiro atoms. The number of nitrogens with one attached hydrogen (secondary N) is 1. The molecule has 116 valence electrons. The van der Waals surface area contributed by atoms with Gasteiger partial charge in [-0.1, -0.05) is 20.3 Å². The normalized spacial score (nSPS) is 24.2. The lowest BCUT2D eigenvalue weighted by molar-refractivity contribution is -0.144. The maximum absolute atomic E-state index is 12.2. The summed E-state index contributed by atoms with van der Waals surface area (Å²) in [5.41, 5.74) is 0. The number of carboxylic acids is 1. The van der Waals surface area contributed by atoms with Gasteiger partial charge in [0.1, 0.15) is 6.04 Å². The van der Waals surface area contributed by atoms with Crippen molar-refractivity contribution in [3.05, 3.63) is 0 Å². The van der Waals surface area contributed by atoms with Crippen LogP contribution < -0.4 is 5.32 Å². The van der Waals surface area contributed by atoms with Crippen LogP contribution in [-0.2, 0) is 4.79 Å². The molecule has 20 heavy (non-hydrogen) atoms. The summed E-state index contributed by atoms with van der Waals surface area (Å²) in [6.07, 6.45) is 2.44. The lowest BCUT2D eigenvalue weighted by Crippen LogP contribution is -2.55. The third kappa shape index (κ3) is 4.89. The van der Waals surface area contributed by atoms with Gasteiger partial charge in [0.2, 0.25) is 0 Å². The number of urea groups is 1. The Morgan fingerprint density at radius 3 is 2.70 bits per heavy atom. The van der Waals surface area contributed by atoms with Crippen LogP contribution in [-0.4, -0.2) is 52.1 Å². The molecule has 1 heterocycles. The first-order valence-electron chi connectivity index (χ1n) is 7.37. The highest BCUT2D eigenvalue weighted by Gasteiger charge is 2.35. The number of aliphatic carboxylic acids is 1. The molecule has 0 aromatic rings. The Balaban J connectivity index is 2.58. The smallest absolute Gasteiger partial charge is 0.326 e. The highest BCUT2D eigenvalue weighted by molar-refractivity contribution is 7.99. The minimum atomic E-state index is -0.895. The minimum Gasteiger partial charge on any atom is -0.480 e. The van der Waals surface area contributed by atoms with Crippen molar-refractivity contribution in [1.82, 2.24) is 10.2 Å². The zero-order chi connectivity index (χ0) is 15.1. The Hall–Kier alpha value is -0.910. The van der Waals surface area contributed by atoms with E-state index < -0.39 is 12.0 Å². The number of carbonyl (C=O) groups is 2. The van der Waals surface area contributed by atoms with E-state index in [9.17, 15) is 14.7 Å². The summed E-state index contributed by atoms with van der Waals surface area (Å²) < 4.78 is 0. The maximum atomic E-state index is 12.2. The van der Waals surface area contributed by atoms with Gasteiger partial charge in [-0.05, 0) is 31.4 Å². The highest BCUT2D eigenvalue weighted by Crippen LogP contribution is 2.25. The number of piperidine rings is 1. The van der Waals surface area contributed by atoms with Crippen LogP contribution in [0.4, 0.5) is 4.79 Å². The standard InChI is InChI=1S/C14H26N2O3S/c1-4-11-6-7-16(12(8-11)13(17)18)14(19)15-10(3)9-20-5-2/h10-12H,4-9H2,1-3H3,(H,15,19)(H,17,18). The zero-order valence-electron chi connectivity index (χ0n) is 12.6. The van der Waals surface area contributed by atoms with Gasteiger partial charge in [-0.15, -0.1) is 0 Å². The first kappa shape index (κ1) is 17.1. The van der Waals surface area contributed by atoms with E-state index in [1.165, 1.54) is 4.90 Å². The minimum absolute atomic E-state index is 0.0609. The van der Waals surface area contributed by atoms with Crippen LogP contribution in [0.1, 0.15) is 40.0 Å². The van der Waals surface area contributed by atoms with E-state index in [1.807, 2.05) is 6.92 Å². The van der Waals surface area contributed by atoms with Gasteiger partial charge in [-0.25, -0.2) is 9.59 Å². The molecule has 3 unspecified atom stereocenters. The monoisotopic (exact) mass is 302 g/mol. The summed E-state index contributed by atoms with van der Waals surface area (Å²) in [7, 11) is 0. The molecule has 3 atom stereocenters. The van der Waals surface area contributed by atoms with Gasteiger partial charge in [-0.3, -0.25) is 0 Å². The predicted octanol–water partition coefficient (Wildman–Crippen LogP) is 2.41. The number of thioether (sulfide) groups is 1. The second-order valence-corrected chi connectivity index (χ2v) is 6.68. The van der Waals surface area contributed by atoms with Crippen LogP contribution in [0.5, 0.6) is 0 Å². The van der Waals surface area contributed by atoms with Crippen LogP contribution >= 0.6 is 11.8 Å². The van der Waals surface area contributed by atoms with Crippen molar-refractivity contribution in [2.24, 2.45) is 5.92 Å². The Bertz CT molecular complexity index is 338. The highest BCUT2D eigenvalue weighted by atomic mass is 32.2. The summed E-state index contributed by atoms with van der Waals surface area (Å²) in [6.45, 7) is 6.64. The summed E-state index contributed by atoms with van der Waals surface area (Å²) in [4.78, 5) is 25.1. The number of likely N-dealkylation sites (tertiary alicyclic amines) is 1. The van der Waals surface area contributed by atoms with E-state index >= 15 is 0 Å². The first-order valence-corrected chi connectivity index (χ1v) is 8.52. The summed E-state index contributed by atoms with van der Waals surface area (Å²) in [5.74, 6) is 1.38. The van der Waals surface area contributed by atoms with Crippen molar-refractivity contribution in [3.8, 4) is 0 Å². The van der Waals surface area contributed by atoms with E-state index in [2.05, 4.69) is 19.2 Å². The number of hydrogen-bond donors (Lipinski definition) is 2. The zero-order valence-corrected chi connectivity index (χ0v) is 13.4. The first-order chi connectivity index (χ1) is 9.49. The molecule has 0 aromatic heterocycles. The van der Waals surface area contributed by atoms with Crippen LogP contribution in [0.15, 0.2) is 0 Å². The third-order valence-corrected chi connectivity index (χ3v) is 4.92. The molecule has 1 aliphatic heterocycles. The number of rotatable bonds is 6. The molecule has 2 N–H and O–H groups in total. The fraction of sp³-hybridized carbons (Fsp3) is 0.857. The number of nitrogens with zero attached hydrogens (tertiary/aromatic N) is 1. The van der Waals surface area contributed by atoms with Gasteiger partial charge in [0, 0.05) is 18.3 Å². The molecule has 0 radical (unpaired) electrons. The third-order valence-electron chi connectivity index (χ3n) is 3.78. The molecule has 0 aliphatic carbocycles. The van der Waals surface area contributed by atoms with Crippen molar-refractivity contribution in [1.29, 1.82) is 0 Å². The Morgan fingerprint density at radius 1 is 1.45 bits per heavy atom. The van der Waals surface area contributed by atoms with Gasteiger partial charge >= 0.3 is 12.0 Å². The van der Waals surface area contributed by atoms with Crippen LogP contribution in [0.3, 0.4) is 0 Å². The van der Waals surface area contributed by atoms with E-state index in [1.54, 1.807) is 11.8 Å². The molecular weight excluding hydrogens is 276 g/mol. The number of carbonyl (C=O) groups excluding carboxylic acids is 1. The fourth-order valence-corrected chi connectivity index (χ4v) is 3.19. The second kappa shape index (κ2) is 8.39. The van der Waals surface area contributed by atoms with Crippen molar-refractivity contribution < 1.29 is 14.7 Å². The van der Waals surface area contributed by atoms with Gasteiger partial charge < -0.3 is 15.3 Å². The summed E-state index contributed by atoms with van der Waals surface area (Å²) in [5, 5.41) is 12.2. The topological polar surface area (TPSA) is 69.6 Å². The van der Waals surface area contributed by atoms with Crippen LogP contribution in [0.2, 0.25) is 0 Å². The lowest BCUT2D eigenvalue weighted by Gasteiger charge is -2.37. The van der Waals surface area contributed by atoms with E-state index in [0.717, 1.165) is 24.3 Å². The molecule has 5 nitrogen and oxygen atoms in total. The van der Waals surface area contributed by atoms with Crippen molar-refractivity contribution in [2.45, 2.75) is 52.1 Å². The average molecular weight is 302 g/mol. The molecular formula is C14H26N2O3S. The fourth-order valence-electron chi connectivity index (χ4n) is 2.52. The quantitative estimate of drug-likeness (QED) is 0.790. The molecule has 0 bridgehead atoms. The van der Waals surface area contributed by atoms with Gasteiger partial charge in [0.15, 0.2) is 0 Å². The average Bonchev–Trinajstić information content (AvgIpc) is 2.44. The summed E-state index contributed by atoms with van der Waals surface area (Å²) in [6, 6.07) is -0.860. The maximum Gasteiger partial charge on any atom is 0.326 e. The molecule has 0 aromatic carbocycles. The number of hydrogen-bond acceptors (Lipinski definition) is 3. The predicted molar refractivity (Wildman–Crippen MR) is 82.1 cm³/mol. The van der Waals surface area contributed by atoms with Gasteiger partial charge in [0.25, 0.3) is 0 Å². The SMILES string of the molecule is CCSCC(C)NC(=O)N1CCC(CC)CC1C(=O)O. The lowest BCUT2D eigenvalue weighted by atomic mass is 9.89. The van der Waals surface area contributed by atoms with E-state index in [4.69, 9.17) is 0 Å².